The van der Waals surface area contributed by atoms with Gasteiger partial charge in [0.05, 0.1) is 6.42 Å². The summed E-state index contributed by atoms with van der Waals surface area (Å²) in [5.74, 6) is -0.272. The second-order valence-corrected chi connectivity index (χ2v) is 6.88. The highest BCUT2D eigenvalue weighted by Gasteiger charge is 2.31. The van der Waals surface area contributed by atoms with Gasteiger partial charge in [-0.2, -0.15) is 0 Å². The first kappa shape index (κ1) is 18.2. The lowest BCUT2D eigenvalue weighted by atomic mass is 9.93. The molecule has 1 fully saturated rings. The molecule has 0 aliphatic carbocycles. The van der Waals surface area contributed by atoms with Gasteiger partial charge in [0.2, 0.25) is 11.8 Å². The topological polar surface area (TPSA) is 112 Å². The predicted octanol–water partition coefficient (Wildman–Crippen LogP) is 0.422. The summed E-state index contributed by atoms with van der Waals surface area (Å²) in [6.45, 7) is 2.27. The third-order valence-corrected chi connectivity index (χ3v) is 4.73. The molecule has 0 radical (unpaired) electrons. The number of carboxylic acid groups (broad SMARTS) is 1. The highest BCUT2D eigenvalue weighted by molar-refractivity contribution is 5.97. The smallest absolute Gasteiger partial charge is 0.305 e. The van der Waals surface area contributed by atoms with Crippen LogP contribution in [0.2, 0.25) is 0 Å². The van der Waals surface area contributed by atoms with Crippen LogP contribution in [0, 0.1) is 5.92 Å². The van der Waals surface area contributed by atoms with E-state index < -0.39 is 11.9 Å². The van der Waals surface area contributed by atoms with E-state index in [0.717, 1.165) is 37.3 Å². The first-order valence-corrected chi connectivity index (χ1v) is 9.00. The number of nitrogens with one attached hydrogen (secondary N) is 2. The van der Waals surface area contributed by atoms with Gasteiger partial charge in [-0.15, -0.1) is 0 Å². The lowest BCUT2D eigenvalue weighted by molar-refractivity contribution is -0.141. The Morgan fingerprint density at radius 2 is 2.12 bits per heavy atom. The standard InChI is InChI=1S/C18H24N4O4/c23-15(19-7-5-17(25)26)9-16(24)22-10-12(11-22)8-14-4-3-13-2-1-6-20-18(13)21-14/h3-4,12H,1-2,5-11H2,(H,19,23)(H,20,21)(H,25,26). The van der Waals surface area contributed by atoms with E-state index in [9.17, 15) is 14.4 Å². The maximum absolute atomic E-state index is 12.0. The Kier molecular flexibility index (Phi) is 5.70. The Morgan fingerprint density at radius 1 is 1.31 bits per heavy atom. The van der Waals surface area contributed by atoms with Crippen LogP contribution < -0.4 is 10.6 Å². The number of likely N-dealkylation sites (tertiary alicyclic amines) is 1. The lowest BCUT2D eigenvalue weighted by Gasteiger charge is -2.39. The number of carbonyl (C=O) groups excluding carboxylic acids is 2. The number of aryl methyl sites for hydroxylation is 1. The van der Waals surface area contributed by atoms with Crippen LogP contribution in [0.3, 0.4) is 0 Å². The number of anilines is 1. The highest BCUT2D eigenvalue weighted by Crippen LogP contribution is 2.24. The molecule has 2 amide bonds. The second kappa shape index (κ2) is 8.16. The van der Waals surface area contributed by atoms with Crippen molar-refractivity contribution in [2.45, 2.75) is 32.1 Å². The number of amides is 2. The highest BCUT2D eigenvalue weighted by atomic mass is 16.4. The van der Waals surface area contributed by atoms with Crippen LogP contribution in [-0.2, 0) is 27.2 Å². The number of fused-ring (bicyclic) bond motifs is 1. The fourth-order valence-corrected chi connectivity index (χ4v) is 3.30. The van der Waals surface area contributed by atoms with E-state index in [-0.39, 0.29) is 25.3 Å². The van der Waals surface area contributed by atoms with E-state index in [4.69, 9.17) is 5.11 Å². The quantitative estimate of drug-likeness (QED) is 0.608. The molecule has 1 aromatic rings. The van der Waals surface area contributed by atoms with E-state index in [1.54, 1.807) is 4.90 Å². The maximum Gasteiger partial charge on any atom is 0.305 e. The van der Waals surface area contributed by atoms with Gasteiger partial charge in [0.25, 0.3) is 0 Å². The summed E-state index contributed by atoms with van der Waals surface area (Å²) in [7, 11) is 0. The maximum atomic E-state index is 12.0. The fourth-order valence-electron chi connectivity index (χ4n) is 3.30. The Hall–Kier alpha value is -2.64. The molecule has 0 unspecified atom stereocenters. The lowest BCUT2D eigenvalue weighted by Crippen LogP contribution is -2.51. The number of nitrogens with zero attached hydrogens (tertiary/aromatic N) is 2. The van der Waals surface area contributed by atoms with Crippen molar-refractivity contribution >= 4 is 23.6 Å². The minimum Gasteiger partial charge on any atom is -0.481 e. The number of hydrogen-bond donors (Lipinski definition) is 3. The minimum atomic E-state index is -0.979. The zero-order valence-corrected chi connectivity index (χ0v) is 14.7. The van der Waals surface area contributed by atoms with Crippen molar-refractivity contribution in [3.63, 3.8) is 0 Å². The van der Waals surface area contributed by atoms with Crippen LogP contribution in [0.4, 0.5) is 5.82 Å². The number of rotatable bonds is 7. The number of aliphatic carboxylic acids is 1. The summed E-state index contributed by atoms with van der Waals surface area (Å²) in [6, 6.07) is 4.19. The summed E-state index contributed by atoms with van der Waals surface area (Å²) in [5.41, 5.74) is 2.29. The van der Waals surface area contributed by atoms with Gasteiger partial charge in [-0.25, -0.2) is 4.98 Å². The molecule has 0 aromatic carbocycles. The SMILES string of the molecule is O=C(O)CCNC(=O)CC(=O)N1CC(Cc2ccc3c(n2)NCCC3)C1. The molecule has 2 aliphatic heterocycles. The number of pyridine rings is 1. The molecule has 3 N–H and O–H groups in total. The van der Waals surface area contributed by atoms with Crippen LogP contribution in [0.15, 0.2) is 12.1 Å². The van der Waals surface area contributed by atoms with E-state index in [1.807, 2.05) is 0 Å². The third-order valence-electron chi connectivity index (χ3n) is 4.73. The van der Waals surface area contributed by atoms with Gasteiger partial charge in [-0.3, -0.25) is 14.4 Å². The molecule has 8 heteroatoms. The number of aromatic nitrogens is 1. The molecule has 0 saturated carbocycles. The van der Waals surface area contributed by atoms with Gasteiger partial charge >= 0.3 is 5.97 Å². The molecule has 1 aromatic heterocycles. The van der Waals surface area contributed by atoms with Gasteiger partial charge in [-0.1, -0.05) is 6.07 Å². The Bertz CT molecular complexity index is 700. The molecule has 26 heavy (non-hydrogen) atoms. The van der Waals surface area contributed by atoms with Crippen LogP contribution in [0.1, 0.15) is 30.5 Å². The summed E-state index contributed by atoms with van der Waals surface area (Å²) >= 11 is 0. The minimum absolute atomic E-state index is 0.0438. The van der Waals surface area contributed by atoms with Crippen molar-refractivity contribution in [1.29, 1.82) is 0 Å². The molecule has 8 nitrogen and oxygen atoms in total. The van der Waals surface area contributed by atoms with E-state index in [0.29, 0.717) is 19.0 Å². The van der Waals surface area contributed by atoms with Gasteiger partial charge < -0.3 is 20.6 Å². The zero-order valence-electron chi connectivity index (χ0n) is 14.7. The molecule has 0 atom stereocenters. The normalized spacial score (nSPS) is 16.2. The molecular formula is C18H24N4O4. The summed E-state index contributed by atoms with van der Waals surface area (Å²) in [4.78, 5) is 40.4. The molecule has 2 aliphatic rings. The van der Waals surface area contributed by atoms with E-state index >= 15 is 0 Å². The molecular weight excluding hydrogens is 336 g/mol. The first-order valence-electron chi connectivity index (χ1n) is 9.00. The van der Waals surface area contributed by atoms with Crippen LogP contribution >= 0.6 is 0 Å². The van der Waals surface area contributed by atoms with E-state index in [1.165, 1.54) is 5.56 Å². The summed E-state index contributed by atoms with van der Waals surface area (Å²) < 4.78 is 0. The van der Waals surface area contributed by atoms with Crippen molar-refractivity contribution in [1.82, 2.24) is 15.2 Å². The van der Waals surface area contributed by atoms with Crippen molar-refractivity contribution < 1.29 is 19.5 Å². The average molecular weight is 360 g/mol. The summed E-state index contributed by atoms with van der Waals surface area (Å²) in [6.07, 6.45) is 2.65. The van der Waals surface area contributed by atoms with Crippen LogP contribution in [-0.4, -0.2) is 59.0 Å². The van der Waals surface area contributed by atoms with Gasteiger partial charge in [0, 0.05) is 31.9 Å². The van der Waals surface area contributed by atoms with Crippen LogP contribution in [0.25, 0.3) is 0 Å². The zero-order chi connectivity index (χ0) is 18.5. The Balaban J connectivity index is 1.39. The van der Waals surface area contributed by atoms with Crippen molar-refractivity contribution in [2.24, 2.45) is 5.92 Å². The molecule has 3 rings (SSSR count). The first-order chi connectivity index (χ1) is 12.5. The molecule has 0 bridgehead atoms. The number of hydrogen-bond acceptors (Lipinski definition) is 5. The predicted molar refractivity (Wildman–Crippen MR) is 94.7 cm³/mol. The largest absolute Gasteiger partial charge is 0.481 e. The van der Waals surface area contributed by atoms with Crippen molar-refractivity contribution in [2.75, 3.05) is 31.5 Å². The van der Waals surface area contributed by atoms with Crippen molar-refractivity contribution in [3.8, 4) is 0 Å². The van der Waals surface area contributed by atoms with Gasteiger partial charge in [-0.05, 0) is 36.8 Å². The fraction of sp³-hybridized carbons (Fsp3) is 0.556. The van der Waals surface area contributed by atoms with Crippen molar-refractivity contribution in [3.05, 3.63) is 23.4 Å². The second-order valence-electron chi connectivity index (χ2n) is 6.88. The monoisotopic (exact) mass is 360 g/mol. The Morgan fingerprint density at radius 3 is 2.88 bits per heavy atom. The summed E-state index contributed by atoms with van der Waals surface area (Å²) in [5, 5.41) is 14.3. The molecule has 1 saturated heterocycles. The third kappa shape index (κ3) is 4.71. The average Bonchev–Trinajstić information content (AvgIpc) is 2.57. The van der Waals surface area contributed by atoms with E-state index in [2.05, 4.69) is 27.8 Å². The molecule has 0 spiro atoms. The Labute approximate surface area is 152 Å². The van der Waals surface area contributed by atoms with Crippen LogP contribution in [0.5, 0.6) is 0 Å². The molecule has 140 valence electrons. The molecule has 3 heterocycles. The number of carboxylic acids is 1. The number of carbonyl (C=O) groups is 3. The van der Waals surface area contributed by atoms with Gasteiger partial charge in [0.15, 0.2) is 0 Å². The van der Waals surface area contributed by atoms with Gasteiger partial charge in [0.1, 0.15) is 12.2 Å².